The number of fused-ring (bicyclic) bond motifs is 6. The van der Waals surface area contributed by atoms with Crippen molar-refractivity contribution in [2.75, 3.05) is 0 Å². The van der Waals surface area contributed by atoms with Gasteiger partial charge >= 0.3 is 0 Å². The highest BCUT2D eigenvalue weighted by Gasteiger charge is 2.53. The lowest BCUT2D eigenvalue weighted by Crippen LogP contribution is -2.28. The fourth-order valence-electron chi connectivity index (χ4n) is 3.59. The van der Waals surface area contributed by atoms with Crippen molar-refractivity contribution in [2.24, 2.45) is 0 Å². The largest absolute Gasteiger partial charge is 0.387 e. The van der Waals surface area contributed by atoms with Crippen molar-refractivity contribution >= 4 is 21.5 Å². The molecular weight excluding hydrogens is 264 g/mol. The van der Waals surface area contributed by atoms with Crippen molar-refractivity contribution < 1.29 is 14.9 Å². The average Bonchev–Trinajstić information content (AvgIpc) is 3.32. The van der Waals surface area contributed by atoms with Crippen molar-refractivity contribution in [1.29, 1.82) is 0 Å². The first-order valence-electron chi connectivity index (χ1n) is 7.21. The van der Waals surface area contributed by atoms with Gasteiger partial charge in [0.2, 0.25) is 0 Å². The molecule has 1 unspecified atom stereocenters. The Hall–Kier alpha value is -1.94. The van der Waals surface area contributed by atoms with Crippen molar-refractivity contribution in [2.45, 2.75) is 24.4 Å². The van der Waals surface area contributed by atoms with E-state index in [2.05, 4.69) is 30.3 Å². The average molecular weight is 278 g/mol. The van der Waals surface area contributed by atoms with Crippen LogP contribution in [0.5, 0.6) is 0 Å². The Morgan fingerprint density at radius 3 is 2.52 bits per heavy atom. The zero-order valence-electron chi connectivity index (χ0n) is 11.2. The van der Waals surface area contributed by atoms with Gasteiger partial charge in [0.15, 0.2) is 0 Å². The van der Waals surface area contributed by atoms with Crippen molar-refractivity contribution in [3.05, 3.63) is 59.7 Å². The van der Waals surface area contributed by atoms with E-state index in [9.17, 15) is 10.2 Å². The Balaban J connectivity index is 1.86. The molecule has 1 heterocycles. The van der Waals surface area contributed by atoms with E-state index in [4.69, 9.17) is 4.74 Å². The van der Waals surface area contributed by atoms with Crippen LogP contribution in [0.4, 0.5) is 0 Å². The van der Waals surface area contributed by atoms with Crippen LogP contribution in [0.3, 0.4) is 0 Å². The van der Waals surface area contributed by atoms with E-state index in [0.717, 1.165) is 16.5 Å². The molecule has 1 saturated heterocycles. The third-order valence-corrected chi connectivity index (χ3v) is 4.76. The van der Waals surface area contributed by atoms with E-state index >= 15 is 0 Å². The number of rotatable bonds is 0. The molecule has 0 spiro atoms. The summed E-state index contributed by atoms with van der Waals surface area (Å²) in [6.07, 6.45) is -2.00. The van der Waals surface area contributed by atoms with Gasteiger partial charge in [0, 0.05) is 0 Å². The summed E-state index contributed by atoms with van der Waals surface area (Å²) in [5, 5.41) is 24.9. The van der Waals surface area contributed by atoms with Crippen LogP contribution in [0.2, 0.25) is 0 Å². The molecule has 21 heavy (non-hydrogen) atoms. The Morgan fingerprint density at radius 1 is 0.810 bits per heavy atom. The third kappa shape index (κ3) is 1.48. The SMILES string of the molecule is OC1[C@H]2O[C@H]2c2cc3c(ccc4ccccc43)cc2[C@@H]1O. The predicted molar refractivity (Wildman–Crippen MR) is 80.0 cm³/mol. The maximum atomic E-state index is 10.3. The molecule has 0 aromatic heterocycles. The van der Waals surface area contributed by atoms with Crippen molar-refractivity contribution in [3.63, 3.8) is 0 Å². The molecule has 1 aliphatic heterocycles. The summed E-state index contributed by atoms with van der Waals surface area (Å²) in [4.78, 5) is 0. The van der Waals surface area contributed by atoms with Gasteiger partial charge in [-0.25, -0.2) is 0 Å². The fourth-order valence-corrected chi connectivity index (χ4v) is 3.59. The van der Waals surface area contributed by atoms with Gasteiger partial charge in [-0.2, -0.15) is 0 Å². The van der Waals surface area contributed by atoms with Gasteiger partial charge in [-0.1, -0.05) is 36.4 Å². The molecular formula is C18H14O3. The number of aliphatic hydroxyl groups excluding tert-OH is 2. The summed E-state index contributed by atoms with van der Waals surface area (Å²) in [6, 6.07) is 16.5. The molecule has 4 atom stereocenters. The van der Waals surface area contributed by atoms with E-state index in [1.165, 1.54) is 16.2 Å². The molecule has 0 amide bonds. The quantitative estimate of drug-likeness (QED) is 0.491. The number of epoxide rings is 1. The Kier molecular flexibility index (Phi) is 2.13. The summed E-state index contributed by atoms with van der Waals surface area (Å²) >= 11 is 0. The number of hydrogen-bond donors (Lipinski definition) is 2. The summed E-state index contributed by atoms with van der Waals surface area (Å²) in [6.45, 7) is 0. The number of hydrogen-bond acceptors (Lipinski definition) is 3. The molecule has 3 aromatic carbocycles. The molecule has 5 rings (SSSR count). The third-order valence-electron chi connectivity index (χ3n) is 4.76. The molecule has 3 aromatic rings. The molecule has 3 nitrogen and oxygen atoms in total. The fraction of sp³-hybridized carbons (Fsp3) is 0.222. The van der Waals surface area contributed by atoms with Crippen LogP contribution >= 0.6 is 0 Å². The minimum atomic E-state index is -0.861. The molecule has 0 bridgehead atoms. The first kappa shape index (κ1) is 11.7. The zero-order valence-corrected chi connectivity index (χ0v) is 11.2. The first-order valence-corrected chi connectivity index (χ1v) is 7.21. The lowest BCUT2D eigenvalue weighted by Gasteiger charge is -2.24. The Bertz CT molecular complexity index is 886. The molecule has 1 aliphatic carbocycles. The second-order valence-corrected chi connectivity index (χ2v) is 5.95. The van der Waals surface area contributed by atoms with Crippen molar-refractivity contribution in [1.82, 2.24) is 0 Å². The Labute approximate surface area is 121 Å². The van der Waals surface area contributed by atoms with Crippen LogP contribution in [0, 0.1) is 0 Å². The second-order valence-electron chi connectivity index (χ2n) is 5.95. The topological polar surface area (TPSA) is 53.0 Å². The smallest absolute Gasteiger partial charge is 0.118 e. The number of aliphatic hydroxyl groups is 2. The van der Waals surface area contributed by atoms with Crippen LogP contribution in [-0.2, 0) is 4.74 Å². The molecule has 3 heteroatoms. The van der Waals surface area contributed by atoms with Crippen LogP contribution in [0.15, 0.2) is 48.5 Å². The maximum absolute atomic E-state index is 10.3. The molecule has 1 fully saturated rings. The predicted octanol–water partition coefficient (Wildman–Crippen LogP) is 2.84. The zero-order chi connectivity index (χ0) is 14.1. The van der Waals surface area contributed by atoms with Gasteiger partial charge in [0.1, 0.15) is 24.4 Å². The highest BCUT2D eigenvalue weighted by Crippen LogP contribution is 2.51. The highest BCUT2D eigenvalue weighted by molar-refractivity contribution is 6.08. The summed E-state index contributed by atoms with van der Waals surface area (Å²) in [5.74, 6) is 0. The normalized spacial score (nSPS) is 30.2. The second kappa shape index (κ2) is 3.83. The lowest BCUT2D eigenvalue weighted by molar-refractivity contribution is 0.0000732. The van der Waals surface area contributed by atoms with Gasteiger partial charge in [0.05, 0.1) is 0 Å². The van der Waals surface area contributed by atoms with E-state index < -0.39 is 12.2 Å². The van der Waals surface area contributed by atoms with E-state index in [-0.39, 0.29) is 12.2 Å². The Morgan fingerprint density at radius 2 is 1.62 bits per heavy atom. The van der Waals surface area contributed by atoms with Gasteiger partial charge < -0.3 is 14.9 Å². The van der Waals surface area contributed by atoms with Crippen LogP contribution in [0.1, 0.15) is 23.3 Å². The van der Waals surface area contributed by atoms with Crippen molar-refractivity contribution in [3.8, 4) is 0 Å². The monoisotopic (exact) mass is 278 g/mol. The minimum Gasteiger partial charge on any atom is -0.387 e. The molecule has 2 N–H and O–H groups in total. The van der Waals surface area contributed by atoms with E-state index in [1.54, 1.807) is 0 Å². The lowest BCUT2D eigenvalue weighted by atomic mass is 9.85. The van der Waals surface area contributed by atoms with Crippen LogP contribution in [-0.4, -0.2) is 22.4 Å². The van der Waals surface area contributed by atoms with Crippen LogP contribution in [0.25, 0.3) is 21.5 Å². The number of benzene rings is 3. The summed E-state index contributed by atoms with van der Waals surface area (Å²) in [7, 11) is 0. The molecule has 2 aliphatic rings. The van der Waals surface area contributed by atoms with E-state index in [0.29, 0.717) is 0 Å². The highest BCUT2D eigenvalue weighted by atomic mass is 16.6. The molecule has 104 valence electrons. The number of ether oxygens (including phenoxy) is 1. The first-order chi connectivity index (χ1) is 10.2. The van der Waals surface area contributed by atoms with Gasteiger partial charge in [-0.3, -0.25) is 0 Å². The van der Waals surface area contributed by atoms with Crippen LogP contribution < -0.4 is 0 Å². The standard InChI is InChI=1S/C18H14O3/c19-15-13-7-10-6-5-9-3-1-2-4-11(9)12(10)8-14(13)17-18(21-17)16(15)20/h1-8,15-20H/t15-,16?,17-,18+/m0/s1. The van der Waals surface area contributed by atoms with Gasteiger partial charge in [0.25, 0.3) is 0 Å². The maximum Gasteiger partial charge on any atom is 0.118 e. The van der Waals surface area contributed by atoms with E-state index in [1.807, 2.05) is 18.2 Å². The molecule has 0 radical (unpaired) electrons. The summed E-state index contributed by atoms with van der Waals surface area (Å²) < 4.78 is 5.54. The minimum absolute atomic E-state index is 0.0678. The molecule has 0 saturated carbocycles. The van der Waals surface area contributed by atoms with Gasteiger partial charge in [-0.05, 0) is 44.8 Å². The van der Waals surface area contributed by atoms with Gasteiger partial charge in [-0.15, -0.1) is 0 Å². The summed E-state index contributed by atoms with van der Waals surface area (Å²) in [5.41, 5.74) is 1.81.